The van der Waals surface area contributed by atoms with Crippen molar-refractivity contribution in [1.29, 1.82) is 5.26 Å². The fourth-order valence-corrected chi connectivity index (χ4v) is 3.39. The molecule has 2 rings (SSSR count). The highest BCUT2D eigenvalue weighted by Crippen LogP contribution is 2.33. The molecule has 0 saturated heterocycles. The molecule has 14 heavy (non-hydrogen) atoms. The minimum atomic E-state index is 0.780. The van der Waals surface area contributed by atoms with Crippen molar-refractivity contribution in [2.75, 3.05) is 0 Å². The molecule has 0 aliphatic carbocycles. The molecule has 0 bridgehead atoms. The Labute approximate surface area is 95.1 Å². The van der Waals surface area contributed by atoms with Crippen LogP contribution in [0.25, 0.3) is 10.1 Å². The van der Waals surface area contributed by atoms with Crippen molar-refractivity contribution in [3.63, 3.8) is 0 Å². The third kappa shape index (κ3) is 1.35. The van der Waals surface area contributed by atoms with Crippen LogP contribution in [-0.4, -0.2) is 0 Å². The molecule has 0 aliphatic heterocycles. The normalized spacial score (nSPS) is 10.4. The minimum Gasteiger partial charge on any atom is -0.192 e. The summed E-state index contributed by atoms with van der Waals surface area (Å²) in [6.45, 7) is 2.11. The van der Waals surface area contributed by atoms with Gasteiger partial charge in [-0.05, 0) is 23.9 Å². The minimum absolute atomic E-state index is 0.780. The molecule has 0 atom stereocenters. The van der Waals surface area contributed by atoms with Gasteiger partial charge in [-0.2, -0.15) is 5.26 Å². The Hall–Kier alpha value is -0.850. The molecule has 1 nitrogen and oxygen atoms in total. The Morgan fingerprint density at radius 3 is 2.93 bits per heavy atom. The first kappa shape index (κ1) is 9.70. The van der Waals surface area contributed by atoms with Crippen LogP contribution in [0.1, 0.15) is 16.0 Å². The van der Waals surface area contributed by atoms with E-state index in [0.717, 1.165) is 15.6 Å². The lowest BCUT2D eigenvalue weighted by Crippen LogP contribution is -1.75. The summed E-state index contributed by atoms with van der Waals surface area (Å²) >= 11 is 5.17. The number of rotatable bonds is 1. The lowest BCUT2D eigenvalue weighted by atomic mass is 10.1. The van der Waals surface area contributed by atoms with Crippen LogP contribution < -0.4 is 0 Å². The lowest BCUT2D eigenvalue weighted by Gasteiger charge is -1.92. The fraction of sp³-hybridized carbons (Fsp3) is 0.182. The van der Waals surface area contributed by atoms with Crippen molar-refractivity contribution in [3.05, 3.63) is 34.2 Å². The molecular weight excluding hydrogens is 258 g/mol. The number of alkyl halides is 1. The van der Waals surface area contributed by atoms with Crippen LogP contribution in [-0.2, 0) is 5.33 Å². The first-order chi connectivity index (χ1) is 6.77. The average molecular weight is 266 g/mol. The SMILES string of the molecule is Cc1c(CBr)sc2c(C#N)cccc12. The Morgan fingerprint density at radius 1 is 1.50 bits per heavy atom. The maximum Gasteiger partial charge on any atom is 0.101 e. The van der Waals surface area contributed by atoms with E-state index < -0.39 is 0 Å². The standard InChI is InChI=1S/C11H8BrNS/c1-7-9-4-2-3-8(6-13)11(9)14-10(7)5-12/h2-4H,5H2,1H3. The van der Waals surface area contributed by atoms with Crippen molar-refractivity contribution >= 4 is 37.4 Å². The van der Waals surface area contributed by atoms with Crippen LogP contribution in [0.2, 0.25) is 0 Å². The number of halogens is 1. The Morgan fingerprint density at radius 2 is 2.29 bits per heavy atom. The number of fused-ring (bicyclic) bond motifs is 1. The van der Waals surface area contributed by atoms with Gasteiger partial charge in [-0.3, -0.25) is 0 Å². The van der Waals surface area contributed by atoms with E-state index in [1.807, 2.05) is 12.1 Å². The highest BCUT2D eigenvalue weighted by Gasteiger charge is 2.09. The van der Waals surface area contributed by atoms with Crippen LogP contribution in [0.5, 0.6) is 0 Å². The number of thiophene rings is 1. The van der Waals surface area contributed by atoms with Crippen molar-refractivity contribution in [3.8, 4) is 6.07 Å². The predicted molar refractivity (Wildman–Crippen MR) is 63.9 cm³/mol. The number of hydrogen-bond donors (Lipinski definition) is 0. The van der Waals surface area contributed by atoms with Crippen LogP contribution in [0.3, 0.4) is 0 Å². The molecule has 70 valence electrons. The van der Waals surface area contributed by atoms with Crippen LogP contribution >= 0.6 is 27.3 Å². The molecule has 3 heteroatoms. The molecule has 0 aliphatic rings. The molecular formula is C11H8BrNS. The Kier molecular flexibility index (Phi) is 2.58. The van der Waals surface area contributed by atoms with E-state index in [-0.39, 0.29) is 0 Å². The second-order valence-corrected chi connectivity index (χ2v) is 4.74. The van der Waals surface area contributed by atoms with Gasteiger partial charge in [0.05, 0.1) is 10.3 Å². The maximum atomic E-state index is 8.95. The molecule has 0 amide bonds. The van der Waals surface area contributed by atoms with Gasteiger partial charge in [-0.1, -0.05) is 28.1 Å². The zero-order valence-corrected chi connectivity index (χ0v) is 10.1. The van der Waals surface area contributed by atoms with Crippen LogP contribution in [0, 0.1) is 18.3 Å². The number of nitriles is 1. The largest absolute Gasteiger partial charge is 0.192 e. The first-order valence-electron chi connectivity index (χ1n) is 4.25. The van der Waals surface area contributed by atoms with Gasteiger partial charge in [-0.25, -0.2) is 0 Å². The molecule has 0 saturated carbocycles. The molecule has 0 unspecified atom stereocenters. The highest BCUT2D eigenvalue weighted by molar-refractivity contribution is 9.08. The average Bonchev–Trinajstić information content (AvgIpc) is 2.55. The topological polar surface area (TPSA) is 23.8 Å². The van der Waals surface area contributed by atoms with E-state index in [9.17, 15) is 0 Å². The molecule has 0 fully saturated rings. The Bertz CT molecular complexity index is 522. The summed E-state index contributed by atoms with van der Waals surface area (Å²) in [6.07, 6.45) is 0. The summed E-state index contributed by atoms with van der Waals surface area (Å²) in [5.74, 6) is 0. The molecule has 0 N–H and O–H groups in total. The monoisotopic (exact) mass is 265 g/mol. The second-order valence-electron chi connectivity index (χ2n) is 3.08. The van der Waals surface area contributed by atoms with E-state index >= 15 is 0 Å². The number of aryl methyl sites for hydroxylation is 1. The predicted octanol–water partition coefficient (Wildman–Crippen LogP) is 3.98. The summed E-state index contributed by atoms with van der Waals surface area (Å²) in [4.78, 5) is 1.31. The summed E-state index contributed by atoms with van der Waals surface area (Å²) in [7, 11) is 0. The van der Waals surface area contributed by atoms with Gasteiger partial charge in [0.2, 0.25) is 0 Å². The third-order valence-corrected chi connectivity index (χ3v) is 4.58. The first-order valence-corrected chi connectivity index (χ1v) is 6.18. The van der Waals surface area contributed by atoms with Crippen molar-refractivity contribution in [2.24, 2.45) is 0 Å². The molecule has 1 heterocycles. The van der Waals surface area contributed by atoms with Crippen LogP contribution in [0.15, 0.2) is 18.2 Å². The highest BCUT2D eigenvalue weighted by atomic mass is 79.9. The van der Waals surface area contributed by atoms with E-state index in [1.165, 1.54) is 15.8 Å². The van der Waals surface area contributed by atoms with Crippen molar-refractivity contribution in [1.82, 2.24) is 0 Å². The van der Waals surface area contributed by atoms with Gasteiger partial charge in [0, 0.05) is 10.2 Å². The van der Waals surface area contributed by atoms with E-state index in [2.05, 4.69) is 35.0 Å². The smallest absolute Gasteiger partial charge is 0.101 e. The molecule has 1 aromatic carbocycles. The van der Waals surface area contributed by atoms with Crippen molar-refractivity contribution in [2.45, 2.75) is 12.3 Å². The fourth-order valence-electron chi connectivity index (χ4n) is 1.51. The number of benzene rings is 1. The Balaban J connectivity index is 2.85. The van der Waals surface area contributed by atoms with Gasteiger partial charge in [0.25, 0.3) is 0 Å². The molecule has 2 aromatic rings. The quantitative estimate of drug-likeness (QED) is 0.716. The third-order valence-electron chi connectivity index (χ3n) is 2.30. The van der Waals surface area contributed by atoms with E-state index in [4.69, 9.17) is 5.26 Å². The second kappa shape index (κ2) is 3.72. The van der Waals surface area contributed by atoms with E-state index in [0.29, 0.717) is 0 Å². The summed E-state index contributed by atoms with van der Waals surface area (Å²) < 4.78 is 1.11. The van der Waals surface area contributed by atoms with Gasteiger partial charge in [0.15, 0.2) is 0 Å². The number of nitrogens with zero attached hydrogens (tertiary/aromatic N) is 1. The van der Waals surface area contributed by atoms with Gasteiger partial charge in [0.1, 0.15) is 6.07 Å². The summed E-state index contributed by atoms with van der Waals surface area (Å²) in [5.41, 5.74) is 2.07. The maximum absolute atomic E-state index is 8.95. The molecule has 0 spiro atoms. The van der Waals surface area contributed by atoms with Gasteiger partial charge in [-0.15, -0.1) is 11.3 Å². The molecule has 0 radical (unpaired) electrons. The number of hydrogen-bond acceptors (Lipinski definition) is 2. The summed E-state index contributed by atoms with van der Waals surface area (Å²) in [5, 5.41) is 11.0. The molecule has 1 aromatic heterocycles. The van der Waals surface area contributed by atoms with Gasteiger partial charge >= 0.3 is 0 Å². The summed E-state index contributed by atoms with van der Waals surface area (Å²) in [6, 6.07) is 8.12. The zero-order chi connectivity index (χ0) is 10.1. The lowest BCUT2D eigenvalue weighted by molar-refractivity contribution is 1.44. The zero-order valence-electron chi connectivity index (χ0n) is 7.67. The van der Waals surface area contributed by atoms with Crippen LogP contribution in [0.4, 0.5) is 0 Å². The van der Waals surface area contributed by atoms with Crippen molar-refractivity contribution < 1.29 is 0 Å². The van der Waals surface area contributed by atoms with E-state index in [1.54, 1.807) is 11.3 Å². The van der Waals surface area contributed by atoms with Gasteiger partial charge < -0.3 is 0 Å².